The van der Waals surface area contributed by atoms with Gasteiger partial charge < -0.3 is 29.7 Å². The van der Waals surface area contributed by atoms with Crippen LogP contribution in [0, 0.1) is 0 Å². The molecule has 0 spiro atoms. The van der Waals surface area contributed by atoms with Crippen molar-refractivity contribution in [1.82, 2.24) is 10.6 Å². The van der Waals surface area contributed by atoms with E-state index in [0.29, 0.717) is 32.0 Å². The predicted molar refractivity (Wildman–Crippen MR) is 128 cm³/mol. The van der Waals surface area contributed by atoms with Crippen LogP contribution in [0.4, 0.5) is 14.5 Å². The molecule has 0 aromatic heterocycles. The second-order valence-corrected chi connectivity index (χ2v) is 7.62. The fourth-order valence-electron chi connectivity index (χ4n) is 3.92. The van der Waals surface area contributed by atoms with E-state index in [1.54, 1.807) is 19.2 Å². The fourth-order valence-corrected chi connectivity index (χ4v) is 3.92. The highest BCUT2D eigenvalue weighted by molar-refractivity contribution is 14.0. The molecule has 10 heteroatoms. The molecule has 2 saturated heterocycles. The maximum atomic E-state index is 12.7. The van der Waals surface area contributed by atoms with Crippen molar-refractivity contribution in [3.63, 3.8) is 0 Å². The summed E-state index contributed by atoms with van der Waals surface area (Å²) in [6.45, 7) is 3.29. The van der Waals surface area contributed by atoms with Gasteiger partial charge in [-0.1, -0.05) is 12.1 Å². The summed E-state index contributed by atoms with van der Waals surface area (Å²) < 4.78 is 41.4. The van der Waals surface area contributed by atoms with Crippen molar-refractivity contribution >= 4 is 35.6 Å². The zero-order chi connectivity index (χ0) is 21.4. The molecule has 0 bridgehead atoms. The topological polar surface area (TPSA) is 67.4 Å². The third kappa shape index (κ3) is 7.31. The van der Waals surface area contributed by atoms with Gasteiger partial charge in [-0.2, -0.15) is 8.78 Å². The monoisotopic (exact) mass is 554 g/mol. The Morgan fingerprint density at radius 3 is 2.74 bits per heavy atom. The van der Waals surface area contributed by atoms with Crippen molar-refractivity contribution in [1.29, 1.82) is 0 Å². The third-order valence-electron chi connectivity index (χ3n) is 5.66. The van der Waals surface area contributed by atoms with Gasteiger partial charge in [0, 0.05) is 58.8 Å². The molecule has 3 rings (SSSR count). The molecule has 1 aromatic rings. The quantitative estimate of drug-likeness (QED) is 0.293. The number of nitrogens with zero attached hydrogens (tertiary/aromatic N) is 2. The minimum absolute atomic E-state index is 0. The molecule has 0 amide bonds. The number of nitrogens with one attached hydrogen (secondary N) is 2. The van der Waals surface area contributed by atoms with Gasteiger partial charge in [0.15, 0.2) is 5.96 Å². The summed E-state index contributed by atoms with van der Waals surface area (Å²) in [4.78, 5) is 6.83. The van der Waals surface area contributed by atoms with Gasteiger partial charge in [0.05, 0.1) is 17.8 Å². The van der Waals surface area contributed by atoms with Gasteiger partial charge >= 0.3 is 6.61 Å². The number of rotatable bonds is 8. The Labute approximate surface area is 199 Å². The summed E-state index contributed by atoms with van der Waals surface area (Å²) in [7, 11) is 1.73. The first-order chi connectivity index (χ1) is 14.5. The van der Waals surface area contributed by atoms with E-state index in [9.17, 15) is 8.78 Å². The number of ether oxygens (including phenoxy) is 3. The van der Waals surface area contributed by atoms with Crippen LogP contribution in [-0.2, 0) is 9.47 Å². The SMILES string of the molecule is CCNC(=NCC1(OC)CCOCC1)NC1CCN(c2ccccc2OC(F)F)C1.I. The Morgan fingerprint density at radius 2 is 2.06 bits per heavy atom. The van der Waals surface area contributed by atoms with Crippen LogP contribution in [0.15, 0.2) is 29.3 Å². The van der Waals surface area contributed by atoms with Gasteiger partial charge in [0.25, 0.3) is 0 Å². The second-order valence-electron chi connectivity index (χ2n) is 7.62. The van der Waals surface area contributed by atoms with E-state index in [-0.39, 0.29) is 41.4 Å². The maximum absolute atomic E-state index is 12.7. The zero-order valence-electron chi connectivity index (χ0n) is 18.1. The summed E-state index contributed by atoms with van der Waals surface area (Å²) in [5.74, 6) is 0.944. The molecule has 1 atom stereocenters. The first-order valence-corrected chi connectivity index (χ1v) is 10.5. The number of benzene rings is 1. The summed E-state index contributed by atoms with van der Waals surface area (Å²) in [6, 6.07) is 7.07. The van der Waals surface area contributed by atoms with Gasteiger partial charge in [0.1, 0.15) is 5.75 Å². The van der Waals surface area contributed by atoms with Gasteiger partial charge in [-0.25, -0.2) is 0 Å². The molecule has 176 valence electrons. The van der Waals surface area contributed by atoms with Crippen LogP contribution in [0.5, 0.6) is 5.75 Å². The Hall–Kier alpha value is -1.40. The van der Waals surface area contributed by atoms with E-state index in [1.807, 2.05) is 19.1 Å². The normalized spacial score (nSPS) is 21.0. The van der Waals surface area contributed by atoms with Gasteiger partial charge in [-0.3, -0.25) is 4.99 Å². The van der Waals surface area contributed by atoms with Crippen molar-refractivity contribution in [2.45, 2.75) is 44.4 Å². The van der Waals surface area contributed by atoms with Gasteiger partial charge in [0.2, 0.25) is 0 Å². The molecule has 0 aliphatic carbocycles. The second kappa shape index (κ2) is 12.6. The summed E-state index contributed by atoms with van der Waals surface area (Å²) in [6.07, 6.45) is 2.52. The Morgan fingerprint density at radius 1 is 1.32 bits per heavy atom. The van der Waals surface area contributed by atoms with Crippen LogP contribution in [0.1, 0.15) is 26.2 Å². The fraction of sp³-hybridized carbons (Fsp3) is 0.667. The van der Waals surface area contributed by atoms with E-state index in [2.05, 4.69) is 20.3 Å². The van der Waals surface area contributed by atoms with Crippen LogP contribution in [-0.4, -0.2) is 70.7 Å². The third-order valence-corrected chi connectivity index (χ3v) is 5.66. The lowest BCUT2D eigenvalue weighted by Crippen LogP contribution is -2.47. The van der Waals surface area contributed by atoms with Crippen LogP contribution in [0.25, 0.3) is 0 Å². The van der Waals surface area contributed by atoms with Crippen LogP contribution in [0.2, 0.25) is 0 Å². The van der Waals surface area contributed by atoms with E-state index >= 15 is 0 Å². The minimum Gasteiger partial charge on any atom is -0.433 e. The average molecular weight is 554 g/mol. The smallest absolute Gasteiger partial charge is 0.387 e. The number of halogens is 3. The summed E-state index contributed by atoms with van der Waals surface area (Å²) >= 11 is 0. The molecule has 31 heavy (non-hydrogen) atoms. The van der Waals surface area contributed by atoms with E-state index in [4.69, 9.17) is 14.5 Å². The van der Waals surface area contributed by atoms with Crippen LogP contribution in [0.3, 0.4) is 0 Å². The maximum Gasteiger partial charge on any atom is 0.387 e. The molecule has 2 N–H and O–H groups in total. The number of hydrogen-bond acceptors (Lipinski definition) is 5. The van der Waals surface area contributed by atoms with Crippen LogP contribution >= 0.6 is 24.0 Å². The van der Waals surface area contributed by atoms with E-state index in [0.717, 1.165) is 38.3 Å². The first kappa shape index (κ1) is 25.9. The van der Waals surface area contributed by atoms with E-state index in [1.165, 1.54) is 0 Å². The molecule has 1 aromatic carbocycles. The highest BCUT2D eigenvalue weighted by Gasteiger charge is 2.33. The number of hydrogen-bond donors (Lipinski definition) is 2. The number of guanidine groups is 1. The molecular formula is C21H33F2IN4O3. The standard InChI is InChI=1S/C21H32F2N4O3.HI/c1-3-24-20(25-15-21(28-2)9-12-29-13-10-21)26-16-8-11-27(14-16)17-6-4-5-7-18(17)30-19(22)23;/h4-7,16,19H,3,8-15H2,1-2H3,(H2,24,25,26);1H. The molecule has 2 fully saturated rings. The van der Waals surface area contributed by atoms with Crippen molar-refractivity contribution < 1.29 is 23.0 Å². The number of methoxy groups -OCH3 is 1. The number of aliphatic imine (C=N–C) groups is 1. The average Bonchev–Trinajstić information content (AvgIpc) is 3.21. The molecule has 2 aliphatic heterocycles. The van der Waals surface area contributed by atoms with Crippen molar-refractivity contribution in [3.05, 3.63) is 24.3 Å². The Bertz CT molecular complexity index is 705. The molecule has 0 radical (unpaired) electrons. The lowest BCUT2D eigenvalue weighted by atomic mass is 9.94. The number of para-hydroxylation sites is 2. The lowest BCUT2D eigenvalue weighted by Gasteiger charge is -2.34. The summed E-state index contributed by atoms with van der Waals surface area (Å²) in [5.41, 5.74) is 0.401. The minimum atomic E-state index is -2.84. The zero-order valence-corrected chi connectivity index (χ0v) is 20.4. The summed E-state index contributed by atoms with van der Waals surface area (Å²) in [5, 5.41) is 6.77. The highest BCUT2D eigenvalue weighted by Crippen LogP contribution is 2.32. The first-order valence-electron chi connectivity index (χ1n) is 10.5. The molecule has 2 heterocycles. The highest BCUT2D eigenvalue weighted by atomic mass is 127. The molecule has 7 nitrogen and oxygen atoms in total. The molecular weight excluding hydrogens is 521 g/mol. The van der Waals surface area contributed by atoms with Gasteiger partial charge in [-0.15, -0.1) is 24.0 Å². The molecule has 2 aliphatic rings. The number of anilines is 1. The van der Waals surface area contributed by atoms with E-state index < -0.39 is 6.61 Å². The van der Waals surface area contributed by atoms with Gasteiger partial charge in [-0.05, 0) is 25.5 Å². The largest absolute Gasteiger partial charge is 0.433 e. The Balaban J connectivity index is 0.00000341. The van der Waals surface area contributed by atoms with Crippen molar-refractivity contribution in [2.75, 3.05) is 51.4 Å². The Kier molecular flexibility index (Phi) is 10.5. The molecule has 0 saturated carbocycles. The number of alkyl halides is 2. The van der Waals surface area contributed by atoms with Crippen molar-refractivity contribution in [3.8, 4) is 5.75 Å². The molecule has 1 unspecified atom stereocenters. The lowest BCUT2D eigenvalue weighted by molar-refractivity contribution is -0.0828. The predicted octanol–water partition coefficient (Wildman–Crippen LogP) is 3.24. The van der Waals surface area contributed by atoms with Crippen molar-refractivity contribution in [2.24, 2.45) is 4.99 Å². The van der Waals surface area contributed by atoms with Crippen LogP contribution < -0.4 is 20.3 Å².